The highest BCUT2D eigenvalue weighted by Crippen LogP contribution is 2.30. The molecule has 136 valence electrons. The summed E-state index contributed by atoms with van der Waals surface area (Å²) in [6.45, 7) is 1.85. The van der Waals surface area contributed by atoms with E-state index in [1.165, 1.54) is 4.70 Å². The lowest BCUT2D eigenvalue weighted by Gasteiger charge is -2.33. The summed E-state index contributed by atoms with van der Waals surface area (Å²) in [7, 11) is 0. The molecule has 1 aliphatic rings. The summed E-state index contributed by atoms with van der Waals surface area (Å²) in [6.07, 6.45) is 8.10. The van der Waals surface area contributed by atoms with Crippen molar-refractivity contribution in [2.75, 3.05) is 18.0 Å². The topological polar surface area (TPSA) is 73.9 Å². The van der Waals surface area contributed by atoms with Crippen molar-refractivity contribution in [3.63, 3.8) is 0 Å². The molecule has 4 rings (SSSR count). The molecule has 0 bridgehead atoms. The number of carbonyl (C=O) groups excluding carboxylic acids is 1. The maximum atomic E-state index is 12.3. The van der Waals surface area contributed by atoms with Crippen molar-refractivity contribution in [2.24, 2.45) is 0 Å². The third-order valence-electron chi connectivity index (χ3n) is 4.76. The average molecular weight is 369 g/mol. The van der Waals surface area contributed by atoms with Crippen LogP contribution in [0.1, 0.15) is 31.2 Å². The SMILES string of the molecule is O=C(CCCc1cn[nH]c1)N[C@@H]1CCCN(c2nc3ccccc3s2)C1. The number of para-hydroxylation sites is 1. The van der Waals surface area contributed by atoms with Crippen LogP contribution < -0.4 is 10.2 Å². The molecule has 0 unspecified atom stereocenters. The van der Waals surface area contributed by atoms with Crippen molar-refractivity contribution in [3.05, 3.63) is 42.2 Å². The number of aryl methyl sites for hydroxylation is 1. The van der Waals surface area contributed by atoms with Gasteiger partial charge in [-0.3, -0.25) is 9.89 Å². The summed E-state index contributed by atoms with van der Waals surface area (Å²) in [4.78, 5) is 19.3. The van der Waals surface area contributed by atoms with Crippen LogP contribution in [0.25, 0.3) is 10.2 Å². The second-order valence-electron chi connectivity index (χ2n) is 6.78. The number of H-pyrrole nitrogens is 1. The first-order valence-corrected chi connectivity index (χ1v) is 9.97. The zero-order valence-electron chi connectivity index (χ0n) is 14.6. The number of piperidine rings is 1. The van der Waals surface area contributed by atoms with Crippen LogP contribution in [0.5, 0.6) is 0 Å². The molecule has 7 heteroatoms. The summed E-state index contributed by atoms with van der Waals surface area (Å²) >= 11 is 1.73. The number of thiazole rings is 1. The first-order valence-electron chi connectivity index (χ1n) is 9.15. The molecular weight excluding hydrogens is 346 g/mol. The lowest BCUT2D eigenvalue weighted by Crippen LogP contribution is -2.47. The second kappa shape index (κ2) is 7.86. The Morgan fingerprint density at radius 3 is 3.15 bits per heavy atom. The molecule has 1 fully saturated rings. The number of fused-ring (bicyclic) bond motifs is 1. The summed E-state index contributed by atoms with van der Waals surface area (Å²) < 4.78 is 1.22. The van der Waals surface area contributed by atoms with Gasteiger partial charge in [0.2, 0.25) is 5.91 Å². The van der Waals surface area contributed by atoms with Gasteiger partial charge in [0, 0.05) is 31.7 Å². The quantitative estimate of drug-likeness (QED) is 0.700. The zero-order chi connectivity index (χ0) is 17.8. The number of nitrogens with zero attached hydrogens (tertiary/aromatic N) is 3. The molecule has 1 amide bonds. The average Bonchev–Trinajstić information content (AvgIpc) is 3.31. The molecule has 6 nitrogen and oxygen atoms in total. The minimum absolute atomic E-state index is 0.143. The van der Waals surface area contributed by atoms with E-state index in [0.29, 0.717) is 6.42 Å². The van der Waals surface area contributed by atoms with E-state index in [4.69, 9.17) is 4.98 Å². The molecule has 1 saturated heterocycles. The van der Waals surface area contributed by atoms with E-state index >= 15 is 0 Å². The number of aromatic nitrogens is 3. The van der Waals surface area contributed by atoms with Crippen molar-refractivity contribution in [3.8, 4) is 0 Å². The van der Waals surface area contributed by atoms with Gasteiger partial charge in [-0.1, -0.05) is 23.5 Å². The molecule has 1 aromatic carbocycles. The van der Waals surface area contributed by atoms with Gasteiger partial charge in [-0.25, -0.2) is 4.98 Å². The Morgan fingerprint density at radius 1 is 1.38 bits per heavy atom. The fourth-order valence-electron chi connectivity index (χ4n) is 3.43. The van der Waals surface area contributed by atoms with Crippen LogP contribution in [0.3, 0.4) is 0 Å². The van der Waals surface area contributed by atoms with Gasteiger partial charge < -0.3 is 10.2 Å². The van der Waals surface area contributed by atoms with Crippen LogP contribution in [0, 0.1) is 0 Å². The van der Waals surface area contributed by atoms with Crippen LogP contribution >= 0.6 is 11.3 Å². The number of anilines is 1. The standard InChI is InChI=1S/C19H23N5OS/c25-18(9-3-5-14-11-20-21-12-14)22-15-6-4-10-24(13-15)19-23-16-7-1-2-8-17(16)26-19/h1-2,7-8,11-12,15H,3-6,9-10,13H2,(H,20,21)(H,22,25)/t15-/m1/s1. The second-order valence-corrected chi connectivity index (χ2v) is 7.79. The van der Waals surface area contributed by atoms with Gasteiger partial charge in [-0.2, -0.15) is 5.10 Å². The Morgan fingerprint density at radius 2 is 2.31 bits per heavy atom. The molecule has 2 aromatic heterocycles. The lowest BCUT2D eigenvalue weighted by molar-refractivity contribution is -0.121. The van der Waals surface area contributed by atoms with Crippen molar-refractivity contribution < 1.29 is 4.79 Å². The first-order chi connectivity index (χ1) is 12.8. The molecule has 26 heavy (non-hydrogen) atoms. The third-order valence-corrected chi connectivity index (χ3v) is 5.86. The fourth-order valence-corrected chi connectivity index (χ4v) is 4.43. The minimum Gasteiger partial charge on any atom is -0.352 e. The molecule has 0 aliphatic carbocycles. The normalized spacial score (nSPS) is 17.5. The van der Waals surface area contributed by atoms with Crippen LogP contribution in [0.2, 0.25) is 0 Å². The molecule has 2 N–H and O–H groups in total. The van der Waals surface area contributed by atoms with Gasteiger partial charge in [-0.05, 0) is 43.4 Å². The van der Waals surface area contributed by atoms with E-state index in [1.807, 2.05) is 24.5 Å². The predicted octanol–water partition coefficient (Wildman–Crippen LogP) is 3.13. The monoisotopic (exact) mass is 369 g/mol. The van der Waals surface area contributed by atoms with E-state index in [9.17, 15) is 4.79 Å². The Bertz CT molecular complexity index is 827. The van der Waals surface area contributed by atoms with Crippen molar-refractivity contribution in [1.82, 2.24) is 20.5 Å². The number of hydrogen-bond acceptors (Lipinski definition) is 5. The third kappa shape index (κ3) is 4.04. The van der Waals surface area contributed by atoms with Crippen molar-refractivity contribution in [1.29, 1.82) is 0 Å². The largest absolute Gasteiger partial charge is 0.352 e. The lowest BCUT2D eigenvalue weighted by atomic mass is 10.1. The number of amides is 1. The van der Waals surface area contributed by atoms with Gasteiger partial charge in [0.05, 0.1) is 16.4 Å². The van der Waals surface area contributed by atoms with E-state index < -0.39 is 0 Å². The highest BCUT2D eigenvalue weighted by atomic mass is 32.1. The van der Waals surface area contributed by atoms with E-state index in [2.05, 4.69) is 32.5 Å². The fraction of sp³-hybridized carbons (Fsp3) is 0.421. The summed E-state index contributed by atoms with van der Waals surface area (Å²) in [5.41, 5.74) is 2.20. The Kier molecular flexibility index (Phi) is 5.15. The molecule has 0 spiro atoms. The van der Waals surface area contributed by atoms with Gasteiger partial charge in [-0.15, -0.1) is 0 Å². The smallest absolute Gasteiger partial charge is 0.220 e. The van der Waals surface area contributed by atoms with Crippen LogP contribution in [0.15, 0.2) is 36.7 Å². The molecule has 3 aromatic rings. The van der Waals surface area contributed by atoms with E-state index in [0.717, 1.165) is 55.0 Å². The number of rotatable bonds is 6. The molecule has 0 radical (unpaired) electrons. The molecule has 3 heterocycles. The minimum atomic E-state index is 0.143. The zero-order valence-corrected chi connectivity index (χ0v) is 15.5. The summed E-state index contributed by atoms with van der Waals surface area (Å²) in [5.74, 6) is 0.143. The van der Waals surface area contributed by atoms with Crippen molar-refractivity contribution >= 4 is 32.6 Å². The van der Waals surface area contributed by atoms with Crippen LogP contribution in [-0.4, -0.2) is 40.2 Å². The highest BCUT2D eigenvalue weighted by molar-refractivity contribution is 7.22. The number of benzene rings is 1. The van der Waals surface area contributed by atoms with Gasteiger partial charge in [0.15, 0.2) is 5.13 Å². The number of aromatic amines is 1. The highest BCUT2D eigenvalue weighted by Gasteiger charge is 2.23. The van der Waals surface area contributed by atoms with Gasteiger partial charge in [0.1, 0.15) is 0 Å². The van der Waals surface area contributed by atoms with Crippen LogP contribution in [-0.2, 0) is 11.2 Å². The summed E-state index contributed by atoms with van der Waals surface area (Å²) in [6, 6.07) is 8.44. The maximum Gasteiger partial charge on any atom is 0.220 e. The predicted molar refractivity (Wildman–Crippen MR) is 105 cm³/mol. The van der Waals surface area contributed by atoms with E-state index in [1.54, 1.807) is 11.3 Å². The molecular formula is C19H23N5OS. The number of nitrogens with one attached hydrogen (secondary N) is 2. The van der Waals surface area contributed by atoms with E-state index in [-0.39, 0.29) is 11.9 Å². The van der Waals surface area contributed by atoms with Crippen LogP contribution in [0.4, 0.5) is 5.13 Å². The Hall–Kier alpha value is -2.41. The summed E-state index contributed by atoms with van der Waals surface area (Å²) in [5, 5.41) is 11.0. The number of hydrogen-bond donors (Lipinski definition) is 2. The molecule has 1 atom stereocenters. The molecule has 0 saturated carbocycles. The van der Waals surface area contributed by atoms with Gasteiger partial charge in [0.25, 0.3) is 0 Å². The maximum absolute atomic E-state index is 12.3. The van der Waals surface area contributed by atoms with Gasteiger partial charge >= 0.3 is 0 Å². The first kappa shape index (κ1) is 17.0. The Labute approximate surface area is 156 Å². The number of carbonyl (C=O) groups is 1. The molecule has 1 aliphatic heterocycles. The van der Waals surface area contributed by atoms with Crippen molar-refractivity contribution in [2.45, 2.75) is 38.1 Å². The Balaban J connectivity index is 1.29.